The molecule has 0 spiro atoms. The zero-order chi connectivity index (χ0) is 12.8. The maximum absolute atomic E-state index is 11.0. The molecule has 17 heavy (non-hydrogen) atoms. The van der Waals surface area contributed by atoms with Crippen LogP contribution in [0.5, 0.6) is 5.75 Å². The number of aliphatic hydroxyl groups is 1. The summed E-state index contributed by atoms with van der Waals surface area (Å²) in [5.41, 5.74) is 0.658. The molecule has 0 bridgehead atoms. The number of halogens is 1. The first kappa shape index (κ1) is 14.0. The maximum Gasteiger partial charge on any atom is 0.305 e. The van der Waals surface area contributed by atoms with Gasteiger partial charge >= 0.3 is 5.97 Å². The van der Waals surface area contributed by atoms with Crippen molar-refractivity contribution in [3.05, 3.63) is 28.2 Å². The second-order valence-corrected chi connectivity index (χ2v) is 4.43. The minimum absolute atomic E-state index is 0.174. The number of hydrogen-bond acceptors (Lipinski definition) is 4. The molecule has 94 valence electrons. The molecule has 0 aliphatic heterocycles. The highest BCUT2D eigenvalue weighted by atomic mass is 79.9. The largest absolute Gasteiger partial charge is 0.496 e. The highest BCUT2D eigenvalue weighted by Gasteiger charge is 2.15. The van der Waals surface area contributed by atoms with Gasteiger partial charge in [-0.3, -0.25) is 4.79 Å². The first-order valence-electron chi connectivity index (χ1n) is 5.16. The summed E-state index contributed by atoms with van der Waals surface area (Å²) < 4.78 is 10.5. The number of esters is 1. The third-order valence-corrected chi connectivity index (χ3v) is 2.89. The normalized spacial score (nSPS) is 12.0. The van der Waals surface area contributed by atoms with Gasteiger partial charge in [0.2, 0.25) is 0 Å². The molecule has 0 fully saturated rings. The molecule has 1 rings (SSSR count). The molecule has 1 N–H and O–H groups in total. The molecule has 0 heterocycles. The SMILES string of the molecule is COC(=O)CCC(O)c1cc(Br)ccc1OC. The van der Waals surface area contributed by atoms with Crippen LogP contribution in [0.3, 0.4) is 0 Å². The van der Waals surface area contributed by atoms with Crippen LogP contribution in [0.25, 0.3) is 0 Å². The van der Waals surface area contributed by atoms with E-state index in [2.05, 4.69) is 20.7 Å². The fraction of sp³-hybridized carbons (Fsp3) is 0.417. The Morgan fingerprint density at radius 2 is 2.18 bits per heavy atom. The lowest BCUT2D eigenvalue weighted by Gasteiger charge is -2.14. The molecule has 0 amide bonds. The van der Waals surface area contributed by atoms with E-state index in [1.807, 2.05) is 6.07 Å². The fourth-order valence-corrected chi connectivity index (χ4v) is 1.86. The molecule has 1 aromatic rings. The Hall–Kier alpha value is -1.07. The Morgan fingerprint density at radius 1 is 1.47 bits per heavy atom. The van der Waals surface area contributed by atoms with Gasteiger partial charge < -0.3 is 14.6 Å². The van der Waals surface area contributed by atoms with Crippen LogP contribution in [0.4, 0.5) is 0 Å². The van der Waals surface area contributed by atoms with Crippen molar-refractivity contribution in [2.45, 2.75) is 18.9 Å². The molecular formula is C12H15BrO4. The zero-order valence-electron chi connectivity index (χ0n) is 9.77. The molecule has 0 saturated heterocycles. The van der Waals surface area contributed by atoms with Gasteiger partial charge in [-0.25, -0.2) is 0 Å². The van der Waals surface area contributed by atoms with Crippen LogP contribution in [-0.4, -0.2) is 25.3 Å². The van der Waals surface area contributed by atoms with Crippen molar-refractivity contribution in [2.24, 2.45) is 0 Å². The summed E-state index contributed by atoms with van der Waals surface area (Å²) >= 11 is 3.33. The molecule has 4 nitrogen and oxygen atoms in total. The Labute approximate surface area is 109 Å². The summed E-state index contributed by atoms with van der Waals surface area (Å²) in [6.07, 6.45) is -0.270. The number of carbonyl (C=O) groups is 1. The Kier molecular flexibility index (Phi) is 5.44. The van der Waals surface area contributed by atoms with Gasteiger partial charge in [-0.2, -0.15) is 0 Å². The molecule has 5 heteroatoms. The van der Waals surface area contributed by atoms with Crippen molar-refractivity contribution >= 4 is 21.9 Å². The Morgan fingerprint density at radius 3 is 2.76 bits per heavy atom. The standard InChI is InChI=1S/C12H15BrO4/c1-16-11-5-3-8(13)7-9(11)10(14)4-6-12(15)17-2/h3,5,7,10,14H,4,6H2,1-2H3. The monoisotopic (exact) mass is 302 g/mol. The molecule has 0 radical (unpaired) electrons. The van der Waals surface area contributed by atoms with Crippen molar-refractivity contribution < 1.29 is 19.4 Å². The predicted octanol–water partition coefficient (Wildman–Crippen LogP) is 2.44. The van der Waals surface area contributed by atoms with Crippen molar-refractivity contribution in [1.29, 1.82) is 0 Å². The first-order valence-corrected chi connectivity index (χ1v) is 5.96. The summed E-state index contributed by atoms with van der Waals surface area (Å²) in [4.78, 5) is 11.0. The molecular weight excluding hydrogens is 288 g/mol. The van der Waals surface area contributed by atoms with Crippen molar-refractivity contribution in [3.63, 3.8) is 0 Å². The van der Waals surface area contributed by atoms with E-state index in [1.54, 1.807) is 19.2 Å². The minimum atomic E-state index is -0.749. The number of ether oxygens (including phenoxy) is 2. The van der Waals surface area contributed by atoms with Gasteiger partial charge in [-0.05, 0) is 24.6 Å². The average molecular weight is 303 g/mol. The van der Waals surface area contributed by atoms with E-state index in [0.717, 1.165) is 4.47 Å². The number of aliphatic hydroxyl groups excluding tert-OH is 1. The molecule has 1 aromatic carbocycles. The van der Waals surface area contributed by atoms with Gasteiger partial charge in [0.05, 0.1) is 20.3 Å². The Bertz CT molecular complexity index is 392. The molecule has 0 aliphatic rings. The van der Waals surface area contributed by atoms with E-state index in [0.29, 0.717) is 17.7 Å². The lowest BCUT2D eigenvalue weighted by atomic mass is 10.0. The van der Waals surface area contributed by atoms with Crippen LogP contribution in [-0.2, 0) is 9.53 Å². The maximum atomic E-state index is 11.0. The fourth-order valence-electron chi connectivity index (χ4n) is 1.48. The number of benzene rings is 1. The highest BCUT2D eigenvalue weighted by molar-refractivity contribution is 9.10. The van der Waals surface area contributed by atoms with Gasteiger partial charge in [0, 0.05) is 16.5 Å². The van der Waals surface area contributed by atoms with Crippen molar-refractivity contribution in [2.75, 3.05) is 14.2 Å². The summed E-state index contributed by atoms with van der Waals surface area (Å²) in [5.74, 6) is 0.267. The molecule has 0 aromatic heterocycles. The number of rotatable bonds is 5. The second-order valence-electron chi connectivity index (χ2n) is 3.52. The number of carbonyl (C=O) groups excluding carboxylic acids is 1. The minimum Gasteiger partial charge on any atom is -0.496 e. The number of methoxy groups -OCH3 is 2. The van der Waals surface area contributed by atoms with E-state index in [4.69, 9.17) is 4.74 Å². The summed E-state index contributed by atoms with van der Waals surface area (Å²) in [7, 11) is 2.87. The summed E-state index contributed by atoms with van der Waals surface area (Å²) in [6.45, 7) is 0. The predicted molar refractivity (Wildman–Crippen MR) is 66.9 cm³/mol. The van der Waals surface area contributed by atoms with Gasteiger partial charge in [0.25, 0.3) is 0 Å². The average Bonchev–Trinajstić information content (AvgIpc) is 2.35. The molecule has 0 saturated carbocycles. The zero-order valence-corrected chi connectivity index (χ0v) is 11.4. The van der Waals surface area contributed by atoms with Crippen LogP contribution in [0.2, 0.25) is 0 Å². The molecule has 0 aliphatic carbocycles. The topological polar surface area (TPSA) is 55.8 Å². The van der Waals surface area contributed by atoms with E-state index >= 15 is 0 Å². The van der Waals surface area contributed by atoms with Crippen LogP contribution < -0.4 is 4.74 Å². The van der Waals surface area contributed by atoms with Gasteiger partial charge in [0.1, 0.15) is 5.75 Å². The lowest BCUT2D eigenvalue weighted by Crippen LogP contribution is -2.06. The Balaban J connectivity index is 2.76. The number of hydrogen-bond donors (Lipinski definition) is 1. The van der Waals surface area contributed by atoms with E-state index in [-0.39, 0.29) is 12.4 Å². The van der Waals surface area contributed by atoms with Crippen LogP contribution in [0, 0.1) is 0 Å². The highest BCUT2D eigenvalue weighted by Crippen LogP contribution is 2.30. The van der Waals surface area contributed by atoms with Crippen molar-refractivity contribution in [1.82, 2.24) is 0 Å². The quantitative estimate of drug-likeness (QED) is 0.849. The van der Waals surface area contributed by atoms with Crippen LogP contribution in [0.15, 0.2) is 22.7 Å². The molecule has 1 unspecified atom stereocenters. The van der Waals surface area contributed by atoms with Crippen molar-refractivity contribution in [3.8, 4) is 5.75 Å². The lowest BCUT2D eigenvalue weighted by molar-refractivity contribution is -0.141. The van der Waals surface area contributed by atoms with Gasteiger partial charge in [-0.15, -0.1) is 0 Å². The van der Waals surface area contributed by atoms with E-state index in [1.165, 1.54) is 7.11 Å². The third-order valence-electron chi connectivity index (χ3n) is 2.40. The second kappa shape index (κ2) is 6.61. The van der Waals surface area contributed by atoms with E-state index < -0.39 is 6.10 Å². The smallest absolute Gasteiger partial charge is 0.305 e. The summed E-state index contributed by atoms with van der Waals surface area (Å²) in [6, 6.07) is 5.37. The third kappa shape index (κ3) is 4.02. The van der Waals surface area contributed by atoms with E-state index in [9.17, 15) is 9.90 Å². The summed E-state index contributed by atoms with van der Waals surface area (Å²) in [5, 5.41) is 9.99. The molecule has 1 atom stereocenters. The van der Waals surface area contributed by atoms with Gasteiger partial charge in [-0.1, -0.05) is 15.9 Å². The van der Waals surface area contributed by atoms with Crippen LogP contribution in [0.1, 0.15) is 24.5 Å². The first-order chi connectivity index (χ1) is 8.08. The van der Waals surface area contributed by atoms with Gasteiger partial charge in [0.15, 0.2) is 0 Å². The van der Waals surface area contributed by atoms with Crippen LogP contribution >= 0.6 is 15.9 Å².